The van der Waals surface area contributed by atoms with E-state index in [1.165, 1.54) is 0 Å². The van der Waals surface area contributed by atoms with Crippen LogP contribution in [0.15, 0.2) is 24.3 Å². The Labute approximate surface area is 49.5 Å². The van der Waals surface area contributed by atoms with Crippen LogP contribution in [-0.2, 0) is 0 Å². The first-order valence-corrected chi connectivity index (χ1v) is 2.70. The van der Waals surface area contributed by atoms with Crippen LogP contribution in [-0.4, -0.2) is 5.88 Å². The van der Waals surface area contributed by atoms with E-state index in [-0.39, 0.29) is 0 Å². The maximum Gasteiger partial charge on any atom is 0.0409 e. The van der Waals surface area contributed by atoms with Gasteiger partial charge in [-0.15, -0.1) is 11.6 Å². The van der Waals surface area contributed by atoms with Crippen molar-refractivity contribution in [2.75, 3.05) is 5.88 Å². The van der Waals surface area contributed by atoms with E-state index in [1.54, 1.807) is 6.08 Å². The molecule has 0 aromatic carbocycles. The van der Waals surface area contributed by atoms with Gasteiger partial charge in [-0.25, -0.2) is 0 Å². The summed E-state index contributed by atoms with van der Waals surface area (Å²) in [5, 5.41) is 0. The van der Waals surface area contributed by atoms with Gasteiger partial charge < -0.3 is 0 Å². The summed E-state index contributed by atoms with van der Waals surface area (Å²) in [6.45, 7) is 5.52. The predicted molar refractivity (Wildman–Crippen MR) is 34.7 cm³/mol. The highest BCUT2D eigenvalue weighted by atomic mass is 35.5. The number of halogens is 1. The Morgan fingerprint density at radius 3 is 2.57 bits per heavy atom. The van der Waals surface area contributed by atoms with Gasteiger partial charge >= 0.3 is 0 Å². The van der Waals surface area contributed by atoms with E-state index in [0.717, 1.165) is 5.57 Å². The summed E-state index contributed by atoms with van der Waals surface area (Å²) < 4.78 is 0. The van der Waals surface area contributed by atoms with Crippen LogP contribution in [0.4, 0.5) is 0 Å². The molecule has 0 nitrogen and oxygen atoms in total. The van der Waals surface area contributed by atoms with Gasteiger partial charge in [0.05, 0.1) is 0 Å². The fourth-order valence-electron chi connectivity index (χ4n) is 0.205. The van der Waals surface area contributed by atoms with E-state index in [2.05, 4.69) is 6.58 Å². The number of alkyl halides is 1. The second kappa shape index (κ2) is 3.94. The maximum atomic E-state index is 5.35. The first kappa shape index (κ1) is 6.77. The smallest absolute Gasteiger partial charge is 0.0409 e. The summed E-state index contributed by atoms with van der Waals surface area (Å²) in [6, 6.07) is 0. The highest BCUT2D eigenvalue weighted by Gasteiger charge is 1.73. The van der Waals surface area contributed by atoms with Crippen molar-refractivity contribution in [3.63, 3.8) is 0 Å². The highest BCUT2D eigenvalue weighted by molar-refractivity contribution is 6.18. The van der Waals surface area contributed by atoms with Crippen LogP contribution in [0.2, 0.25) is 0 Å². The Balaban J connectivity index is 3.49. The maximum absolute atomic E-state index is 5.35. The third kappa shape index (κ3) is 3.60. The minimum absolute atomic E-state index is 0.581. The molecule has 0 bridgehead atoms. The van der Waals surface area contributed by atoms with E-state index < -0.39 is 0 Å². The summed E-state index contributed by atoms with van der Waals surface area (Å²) >= 11 is 5.35. The quantitative estimate of drug-likeness (QED) is 0.384. The van der Waals surface area contributed by atoms with E-state index in [0.29, 0.717) is 5.88 Å². The summed E-state index contributed by atoms with van der Waals surface area (Å²) in [7, 11) is 0. The fraction of sp³-hybridized carbons (Fsp3) is 0.333. The highest BCUT2D eigenvalue weighted by Crippen LogP contribution is 1.91. The summed E-state index contributed by atoms with van der Waals surface area (Å²) in [5.41, 5.74) is 1.13. The summed E-state index contributed by atoms with van der Waals surface area (Å²) in [4.78, 5) is 0. The van der Waals surface area contributed by atoms with Gasteiger partial charge in [-0.05, 0) is 6.92 Å². The molecule has 0 aliphatic carbocycles. The predicted octanol–water partition coefficient (Wildman–Crippen LogP) is 2.36. The van der Waals surface area contributed by atoms with Gasteiger partial charge in [0.2, 0.25) is 0 Å². The Hall–Kier alpha value is -0.230. The monoisotopic (exact) mass is 116 g/mol. The number of hydrogen-bond acceptors (Lipinski definition) is 0. The molecule has 0 unspecified atom stereocenters. The number of hydrogen-bond donors (Lipinski definition) is 0. The van der Waals surface area contributed by atoms with E-state index >= 15 is 0 Å². The van der Waals surface area contributed by atoms with E-state index in [9.17, 15) is 0 Å². The fourth-order valence-corrected chi connectivity index (χ4v) is 0.448. The molecule has 0 saturated carbocycles. The van der Waals surface area contributed by atoms with Crippen molar-refractivity contribution in [3.8, 4) is 0 Å². The molecule has 1 heteroatoms. The molecule has 0 N–H and O–H groups in total. The summed E-state index contributed by atoms with van der Waals surface area (Å²) in [5.74, 6) is 0.581. The zero-order valence-electron chi connectivity index (χ0n) is 4.45. The van der Waals surface area contributed by atoms with Crippen LogP contribution in [0.25, 0.3) is 0 Å². The first-order chi connectivity index (χ1) is 3.31. The first-order valence-electron chi connectivity index (χ1n) is 2.16. The van der Waals surface area contributed by atoms with Crippen LogP contribution in [0.1, 0.15) is 6.92 Å². The van der Waals surface area contributed by atoms with Gasteiger partial charge in [0.25, 0.3) is 0 Å². The van der Waals surface area contributed by atoms with Crippen molar-refractivity contribution < 1.29 is 0 Å². The summed E-state index contributed by atoms with van der Waals surface area (Å²) in [6.07, 6.45) is 3.69. The lowest BCUT2D eigenvalue weighted by atomic mass is 10.3. The minimum Gasteiger partial charge on any atom is -0.122 e. The molecule has 0 rings (SSSR count). The van der Waals surface area contributed by atoms with Crippen molar-refractivity contribution in [2.45, 2.75) is 6.92 Å². The minimum atomic E-state index is 0.581. The molecular formula is C6H9Cl. The van der Waals surface area contributed by atoms with Gasteiger partial charge in [-0.3, -0.25) is 0 Å². The SMILES string of the molecule is C=CC(C)=CCCl. The van der Waals surface area contributed by atoms with Crippen molar-refractivity contribution in [1.82, 2.24) is 0 Å². The normalized spacial score (nSPS) is 11.4. The molecular weight excluding hydrogens is 108 g/mol. The average molecular weight is 117 g/mol. The van der Waals surface area contributed by atoms with Gasteiger partial charge in [0.1, 0.15) is 0 Å². The molecule has 40 valence electrons. The molecule has 0 saturated heterocycles. The molecule has 0 aromatic rings. The standard InChI is InChI=1S/C6H9Cl/c1-3-6(2)4-5-7/h3-4H,1,5H2,2H3. The molecule has 0 aliphatic rings. The van der Waals surface area contributed by atoms with Crippen molar-refractivity contribution in [1.29, 1.82) is 0 Å². The second-order valence-electron chi connectivity index (χ2n) is 1.31. The lowest BCUT2D eigenvalue weighted by Crippen LogP contribution is -1.65. The molecule has 0 atom stereocenters. The van der Waals surface area contributed by atoms with Gasteiger partial charge in [0, 0.05) is 5.88 Å². The van der Waals surface area contributed by atoms with E-state index in [1.807, 2.05) is 13.0 Å². The zero-order chi connectivity index (χ0) is 5.70. The van der Waals surface area contributed by atoms with Crippen LogP contribution in [0.3, 0.4) is 0 Å². The van der Waals surface area contributed by atoms with Crippen LogP contribution in [0.5, 0.6) is 0 Å². The van der Waals surface area contributed by atoms with Gasteiger partial charge in [-0.1, -0.05) is 24.3 Å². The Kier molecular flexibility index (Phi) is 3.81. The molecule has 0 radical (unpaired) electrons. The van der Waals surface area contributed by atoms with Crippen LogP contribution < -0.4 is 0 Å². The molecule has 0 aromatic heterocycles. The zero-order valence-corrected chi connectivity index (χ0v) is 5.20. The van der Waals surface area contributed by atoms with Crippen LogP contribution >= 0.6 is 11.6 Å². The Morgan fingerprint density at radius 1 is 1.86 bits per heavy atom. The number of allylic oxidation sites excluding steroid dienone is 3. The molecule has 0 aliphatic heterocycles. The third-order valence-electron chi connectivity index (χ3n) is 0.721. The lowest BCUT2D eigenvalue weighted by molar-refractivity contribution is 1.49. The van der Waals surface area contributed by atoms with Crippen LogP contribution in [0, 0.1) is 0 Å². The third-order valence-corrected chi connectivity index (χ3v) is 0.875. The Morgan fingerprint density at radius 2 is 2.43 bits per heavy atom. The van der Waals surface area contributed by atoms with Gasteiger partial charge in [-0.2, -0.15) is 0 Å². The molecule has 0 amide bonds. The molecule has 0 heterocycles. The van der Waals surface area contributed by atoms with Gasteiger partial charge in [0.15, 0.2) is 0 Å². The second-order valence-corrected chi connectivity index (χ2v) is 1.62. The molecule has 0 fully saturated rings. The van der Waals surface area contributed by atoms with E-state index in [4.69, 9.17) is 11.6 Å². The van der Waals surface area contributed by atoms with Crippen molar-refractivity contribution in [2.24, 2.45) is 0 Å². The number of rotatable bonds is 2. The largest absolute Gasteiger partial charge is 0.122 e. The lowest BCUT2D eigenvalue weighted by Gasteiger charge is -1.82. The average Bonchev–Trinajstić information content (AvgIpc) is 1.68. The molecule has 0 spiro atoms. The Bertz CT molecular complexity index is 82.2. The molecule has 7 heavy (non-hydrogen) atoms. The van der Waals surface area contributed by atoms with Crippen molar-refractivity contribution >= 4 is 11.6 Å². The topological polar surface area (TPSA) is 0 Å². The van der Waals surface area contributed by atoms with Crippen molar-refractivity contribution in [3.05, 3.63) is 24.3 Å².